The summed E-state index contributed by atoms with van der Waals surface area (Å²) in [5.41, 5.74) is 0.0139. The number of aliphatic hydroxyl groups is 1. The monoisotopic (exact) mass is 695 g/mol. The number of aromatic nitrogens is 2. The zero-order chi connectivity index (χ0) is 36.1. The molecule has 0 amide bonds. The van der Waals surface area contributed by atoms with Crippen LogP contribution in [0, 0.1) is 17.8 Å². The van der Waals surface area contributed by atoms with Crippen LogP contribution in [-0.4, -0.2) is 32.8 Å². The van der Waals surface area contributed by atoms with E-state index in [1.807, 2.05) is 34.9 Å². The van der Waals surface area contributed by atoms with E-state index in [1.165, 1.54) is 12.1 Å². The molecule has 1 aromatic heterocycles. The van der Waals surface area contributed by atoms with Gasteiger partial charge >= 0.3 is 11.6 Å². The van der Waals surface area contributed by atoms with Crippen LogP contribution in [0.3, 0.4) is 0 Å². The summed E-state index contributed by atoms with van der Waals surface area (Å²) in [6.07, 6.45) is 11.5. The van der Waals surface area contributed by atoms with Crippen molar-refractivity contribution in [2.24, 2.45) is 22.7 Å². The number of allylic oxidation sites excluding steroid dienone is 2. The summed E-state index contributed by atoms with van der Waals surface area (Å²) in [6.45, 7) is 7.41. The number of rotatable bonds is 17. The standard InChI is InChI=1S/C40H49F4N3O3/c1-4-11-30(47-35-15-10-9-14-34(35)46-38(47)50)12-7-8-13-31(48)21-20-29(37(49)28-18-16-26(5-2)17-19-28)22-27-23-32(39(41,42)6-3)36-33(24-27)40(43,44)25-45-36/h6,8-10,13-15,23-26,28-31,48H,3-5,7,11-12,16-22H2,1-2H3,(H,46,50)/b13-8+/t26?,28?,29-,30?,31?/m1/s1. The minimum absolute atomic E-state index is 0.00264. The first kappa shape index (κ1) is 37.5. The van der Waals surface area contributed by atoms with E-state index in [0.29, 0.717) is 31.1 Å². The van der Waals surface area contributed by atoms with Gasteiger partial charge in [-0.15, -0.1) is 0 Å². The first-order chi connectivity index (χ1) is 23.9. The second kappa shape index (κ2) is 16.0. The predicted molar refractivity (Wildman–Crippen MR) is 191 cm³/mol. The number of nitrogens with one attached hydrogen (secondary N) is 1. The summed E-state index contributed by atoms with van der Waals surface area (Å²) >= 11 is 0. The number of aliphatic imine (C=N–C) groups is 1. The number of aliphatic hydroxyl groups excluding tert-OH is 1. The smallest absolute Gasteiger partial charge is 0.326 e. The number of carbonyl (C=O) groups excluding carboxylic acids is 1. The SMILES string of the molecule is C=CC(F)(F)c1cc(C[C@@H](CCC(O)/C=C/CCC(CCC)n2c(=O)[nH]c3ccccc32)C(=O)C2CCC(CC)CC2)cc2c1N=CC2(F)F. The Morgan fingerprint density at radius 2 is 1.86 bits per heavy atom. The number of nitrogens with zero attached hydrogens (tertiary/aromatic N) is 2. The summed E-state index contributed by atoms with van der Waals surface area (Å²) in [7, 11) is 0. The molecule has 10 heteroatoms. The van der Waals surface area contributed by atoms with Gasteiger partial charge in [-0.05, 0) is 106 Å². The number of alkyl halides is 4. The number of carbonyl (C=O) groups is 1. The molecular weight excluding hydrogens is 646 g/mol. The summed E-state index contributed by atoms with van der Waals surface area (Å²) in [5.74, 6) is -7.35. The molecule has 270 valence electrons. The van der Waals surface area contributed by atoms with E-state index < -0.39 is 40.7 Å². The van der Waals surface area contributed by atoms with Crippen molar-refractivity contribution in [2.45, 2.75) is 115 Å². The molecule has 2 N–H and O–H groups in total. The molecule has 50 heavy (non-hydrogen) atoms. The largest absolute Gasteiger partial charge is 0.389 e. The molecule has 5 rings (SSSR count). The van der Waals surface area contributed by atoms with Crippen molar-refractivity contribution in [3.05, 3.63) is 88.4 Å². The Morgan fingerprint density at radius 1 is 1.12 bits per heavy atom. The molecule has 0 saturated heterocycles. The fourth-order valence-corrected chi connectivity index (χ4v) is 7.79. The number of benzene rings is 2. The number of fused-ring (bicyclic) bond motifs is 2. The van der Waals surface area contributed by atoms with E-state index in [9.17, 15) is 32.3 Å². The fraction of sp³-hybridized carbons (Fsp3) is 0.525. The second-order valence-corrected chi connectivity index (χ2v) is 14.1. The minimum Gasteiger partial charge on any atom is -0.389 e. The van der Waals surface area contributed by atoms with Gasteiger partial charge in [-0.1, -0.05) is 57.6 Å². The Hall–Kier alpha value is -3.79. The molecular formula is C40H49F4N3O3. The number of hydrogen-bond donors (Lipinski definition) is 2. The van der Waals surface area contributed by atoms with Crippen LogP contribution in [-0.2, 0) is 23.1 Å². The van der Waals surface area contributed by atoms with Gasteiger partial charge in [-0.2, -0.15) is 17.6 Å². The van der Waals surface area contributed by atoms with Crippen LogP contribution < -0.4 is 5.69 Å². The molecule has 2 aliphatic rings. The molecule has 1 fully saturated rings. The van der Waals surface area contributed by atoms with Gasteiger partial charge in [-0.3, -0.25) is 14.4 Å². The minimum atomic E-state index is -3.59. The molecule has 3 atom stereocenters. The van der Waals surface area contributed by atoms with Crippen molar-refractivity contribution in [1.29, 1.82) is 0 Å². The van der Waals surface area contributed by atoms with Gasteiger partial charge in [0.1, 0.15) is 5.78 Å². The predicted octanol–water partition coefficient (Wildman–Crippen LogP) is 9.88. The van der Waals surface area contributed by atoms with Crippen LogP contribution in [0.2, 0.25) is 0 Å². The Kier molecular flexibility index (Phi) is 12.0. The molecule has 2 unspecified atom stereocenters. The van der Waals surface area contributed by atoms with Crippen molar-refractivity contribution < 1.29 is 27.5 Å². The van der Waals surface area contributed by atoms with Gasteiger partial charge in [-0.25, -0.2) is 4.79 Å². The Labute approximate surface area is 291 Å². The van der Waals surface area contributed by atoms with Gasteiger partial charge in [0.05, 0.1) is 40.2 Å². The summed E-state index contributed by atoms with van der Waals surface area (Å²) in [4.78, 5) is 33.3. The fourth-order valence-electron chi connectivity index (χ4n) is 7.79. The maximum Gasteiger partial charge on any atom is 0.326 e. The van der Waals surface area contributed by atoms with Crippen molar-refractivity contribution in [3.63, 3.8) is 0 Å². The van der Waals surface area contributed by atoms with Gasteiger partial charge in [0, 0.05) is 17.9 Å². The molecule has 1 aliphatic carbocycles. The van der Waals surface area contributed by atoms with Crippen LogP contribution in [0.25, 0.3) is 11.0 Å². The first-order valence-corrected chi connectivity index (χ1v) is 18.1. The quantitative estimate of drug-likeness (QED) is 0.109. The Morgan fingerprint density at radius 3 is 2.56 bits per heavy atom. The first-order valence-electron chi connectivity index (χ1n) is 18.1. The Bertz CT molecular complexity index is 1770. The van der Waals surface area contributed by atoms with Gasteiger partial charge in [0.25, 0.3) is 5.92 Å². The van der Waals surface area contributed by atoms with E-state index in [4.69, 9.17) is 0 Å². The van der Waals surface area contributed by atoms with Gasteiger partial charge in [0.2, 0.25) is 0 Å². The lowest BCUT2D eigenvalue weighted by molar-refractivity contribution is -0.128. The van der Waals surface area contributed by atoms with E-state index in [1.54, 1.807) is 6.08 Å². The van der Waals surface area contributed by atoms with Crippen molar-refractivity contribution in [1.82, 2.24) is 9.55 Å². The number of halogens is 4. The third-order valence-electron chi connectivity index (χ3n) is 10.7. The van der Waals surface area contributed by atoms with E-state index in [-0.39, 0.29) is 48.3 Å². The van der Waals surface area contributed by atoms with Crippen molar-refractivity contribution >= 4 is 28.7 Å². The zero-order valence-electron chi connectivity index (χ0n) is 29.0. The highest BCUT2D eigenvalue weighted by Crippen LogP contribution is 2.47. The molecule has 6 nitrogen and oxygen atoms in total. The summed E-state index contributed by atoms with van der Waals surface area (Å²) < 4.78 is 61.2. The van der Waals surface area contributed by atoms with E-state index in [2.05, 4.69) is 30.4 Å². The molecule has 2 heterocycles. The number of ketones is 1. The van der Waals surface area contributed by atoms with Crippen LogP contribution in [0.5, 0.6) is 0 Å². The molecule has 0 bridgehead atoms. The highest BCUT2D eigenvalue weighted by atomic mass is 19.3. The number of aromatic amines is 1. The van der Waals surface area contributed by atoms with Crippen molar-refractivity contribution in [2.75, 3.05) is 0 Å². The maximum atomic E-state index is 14.9. The average Bonchev–Trinajstić information content (AvgIpc) is 3.61. The zero-order valence-corrected chi connectivity index (χ0v) is 29.0. The normalized spacial score (nSPS) is 20.6. The van der Waals surface area contributed by atoms with Crippen LogP contribution in [0.4, 0.5) is 23.2 Å². The highest BCUT2D eigenvalue weighted by molar-refractivity contribution is 5.85. The van der Waals surface area contributed by atoms with Crippen LogP contribution >= 0.6 is 0 Å². The number of imidazole rings is 1. The lowest BCUT2D eigenvalue weighted by atomic mass is 9.74. The number of hydrogen-bond acceptors (Lipinski definition) is 4. The Balaban J connectivity index is 1.30. The lowest BCUT2D eigenvalue weighted by Gasteiger charge is -2.30. The van der Waals surface area contributed by atoms with Gasteiger partial charge < -0.3 is 10.1 Å². The average molecular weight is 696 g/mol. The summed E-state index contributed by atoms with van der Waals surface area (Å²) in [6, 6.07) is 9.95. The van der Waals surface area contributed by atoms with E-state index >= 15 is 0 Å². The maximum absolute atomic E-state index is 14.9. The highest BCUT2D eigenvalue weighted by Gasteiger charge is 2.43. The van der Waals surface area contributed by atoms with E-state index in [0.717, 1.165) is 56.0 Å². The van der Waals surface area contributed by atoms with Crippen LogP contribution in [0.15, 0.2) is 71.0 Å². The third kappa shape index (κ3) is 8.39. The lowest BCUT2D eigenvalue weighted by Crippen LogP contribution is -2.29. The van der Waals surface area contributed by atoms with Gasteiger partial charge in [0.15, 0.2) is 0 Å². The van der Waals surface area contributed by atoms with Crippen molar-refractivity contribution in [3.8, 4) is 0 Å². The third-order valence-corrected chi connectivity index (χ3v) is 10.7. The van der Waals surface area contributed by atoms with Crippen LogP contribution in [0.1, 0.15) is 107 Å². The molecule has 1 saturated carbocycles. The molecule has 1 aliphatic heterocycles. The molecule has 0 radical (unpaired) electrons. The second-order valence-electron chi connectivity index (χ2n) is 14.1. The molecule has 3 aromatic rings. The molecule has 0 spiro atoms. The number of Topliss-reactive ketones (excluding diaryl/α,β-unsaturated/α-hetero) is 1. The topological polar surface area (TPSA) is 87.5 Å². The number of H-pyrrole nitrogens is 1. The number of para-hydroxylation sites is 2. The summed E-state index contributed by atoms with van der Waals surface area (Å²) in [5, 5.41) is 11.0. The molecule has 2 aromatic carbocycles.